The van der Waals surface area contributed by atoms with Crippen LogP contribution in [0.15, 0.2) is 11.4 Å². The van der Waals surface area contributed by atoms with E-state index in [1.807, 2.05) is 0 Å². The molecule has 0 saturated heterocycles. The number of thiophene rings is 1. The quantitative estimate of drug-likeness (QED) is 0.815. The Morgan fingerprint density at radius 1 is 1.67 bits per heavy atom. The summed E-state index contributed by atoms with van der Waals surface area (Å²) in [6.45, 7) is -1.50. The van der Waals surface area contributed by atoms with Crippen molar-refractivity contribution < 1.29 is 13.6 Å². The number of hydrogen-bond acceptors (Lipinski definition) is 3. The molecule has 0 radical (unpaired) electrons. The van der Waals surface area contributed by atoms with Gasteiger partial charge in [-0.2, -0.15) is 0 Å². The van der Waals surface area contributed by atoms with E-state index in [4.69, 9.17) is 5.73 Å². The van der Waals surface area contributed by atoms with Gasteiger partial charge in [0.25, 0.3) is 11.8 Å². The Kier molecular flexibility index (Phi) is 4.41. The smallest absolute Gasteiger partial charge is 0.277 e. The molecule has 84 valence electrons. The van der Waals surface area contributed by atoms with Crippen molar-refractivity contribution in [3.63, 3.8) is 0 Å². The average molecular weight is 346 g/mol. The van der Waals surface area contributed by atoms with Gasteiger partial charge in [0.1, 0.15) is 0 Å². The SMILES string of the molecule is NCC(F)(F)CNC(=O)c1csc(I)c1. The van der Waals surface area contributed by atoms with E-state index in [1.165, 1.54) is 11.3 Å². The second-order valence-electron chi connectivity index (χ2n) is 2.88. The Morgan fingerprint density at radius 2 is 2.33 bits per heavy atom. The molecule has 0 unspecified atom stereocenters. The molecule has 0 bridgehead atoms. The molecule has 1 rings (SSSR count). The van der Waals surface area contributed by atoms with E-state index in [0.717, 1.165) is 2.88 Å². The molecule has 7 heteroatoms. The molecular formula is C8H9F2IN2OS. The van der Waals surface area contributed by atoms with E-state index in [0.29, 0.717) is 5.56 Å². The molecule has 0 saturated carbocycles. The molecule has 1 aromatic heterocycles. The lowest BCUT2D eigenvalue weighted by atomic mass is 10.3. The van der Waals surface area contributed by atoms with Crippen LogP contribution in [-0.2, 0) is 0 Å². The van der Waals surface area contributed by atoms with Gasteiger partial charge in [0.2, 0.25) is 0 Å². The monoisotopic (exact) mass is 346 g/mol. The summed E-state index contributed by atoms with van der Waals surface area (Å²) in [5.74, 6) is -3.54. The first-order chi connectivity index (χ1) is 6.94. The lowest BCUT2D eigenvalue weighted by molar-refractivity contribution is 0.0119. The van der Waals surface area contributed by atoms with Crippen molar-refractivity contribution in [3.05, 3.63) is 19.9 Å². The third-order valence-electron chi connectivity index (χ3n) is 1.64. The van der Waals surface area contributed by atoms with Gasteiger partial charge in [-0.05, 0) is 28.7 Å². The first-order valence-electron chi connectivity index (χ1n) is 4.05. The fourth-order valence-corrected chi connectivity index (χ4v) is 2.14. The van der Waals surface area contributed by atoms with Gasteiger partial charge in [0, 0.05) is 5.38 Å². The van der Waals surface area contributed by atoms with Crippen molar-refractivity contribution in [1.29, 1.82) is 0 Å². The lowest BCUT2D eigenvalue weighted by Crippen LogP contribution is -2.41. The third-order valence-corrected chi connectivity index (χ3v) is 3.42. The molecule has 0 aliphatic heterocycles. The fourth-order valence-electron chi connectivity index (χ4n) is 0.813. The summed E-state index contributed by atoms with van der Waals surface area (Å²) in [5, 5.41) is 3.76. The van der Waals surface area contributed by atoms with E-state index >= 15 is 0 Å². The standard InChI is InChI=1S/C8H9F2IN2OS/c9-8(10,3-12)4-13-7(14)5-1-6(11)15-2-5/h1-2H,3-4,12H2,(H,13,14). The van der Waals surface area contributed by atoms with Crippen LogP contribution in [-0.4, -0.2) is 24.9 Å². The third kappa shape index (κ3) is 3.99. The van der Waals surface area contributed by atoms with E-state index < -0.39 is 24.9 Å². The molecule has 0 aliphatic rings. The van der Waals surface area contributed by atoms with Crippen molar-refractivity contribution in [2.45, 2.75) is 5.92 Å². The summed E-state index contributed by atoms with van der Waals surface area (Å²) in [6.07, 6.45) is 0. The molecular weight excluding hydrogens is 337 g/mol. The lowest BCUT2D eigenvalue weighted by Gasteiger charge is -2.13. The van der Waals surface area contributed by atoms with Crippen LogP contribution in [0.3, 0.4) is 0 Å². The van der Waals surface area contributed by atoms with Gasteiger partial charge in [-0.25, -0.2) is 8.78 Å². The number of amides is 1. The van der Waals surface area contributed by atoms with Gasteiger partial charge in [0.15, 0.2) is 0 Å². The molecule has 0 aromatic carbocycles. The molecule has 1 aromatic rings. The van der Waals surface area contributed by atoms with Crippen molar-refractivity contribution in [2.24, 2.45) is 5.73 Å². The predicted molar refractivity (Wildman–Crippen MR) is 63.4 cm³/mol. The molecule has 3 N–H and O–H groups in total. The zero-order chi connectivity index (χ0) is 11.5. The maximum atomic E-state index is 12.7. The maximum absolute atomic E-state index is 12.7. The van der Waals surface area contributed by atoms with Crippen molar-refractivity contribution in [1.82, 2.24) is 5.32 Å². The van der Waals surface area contributed by atoms with Crippen LogP contribution in [0.4, 0.5) is 8.78 Å². The Balaban J connectivity index is 2.50. The van der Waals surface area contributed by atoms with Gasteiger partial charge in [-0.1, -0.05) is 0 Å². The van der Waals surface area contributed by atoms with Crippen LogP contribution >= 0.6 is 33.9 Å². The van der Waals surface area contributed by atoms with Gasteiger partial charge < -0.3 is 11.1 Å². The summed E-state index contributed by atoms with van der Waals surface area (Å²) in [7, 11) is 0. The fraction of sp³-hybridized carbons (Fsp3) is 0.375. The number of rotatable bonds is 4. The van der Waals surface area contributed by atoms with Crippen LogP contribution in [0.2, 0.25) is 0 Å². The van der Waals surface area contributed by atoms with Crippen molar-refractivity contribution in [3.8, 4) is 0 Å². The second kappa shape index (κ2) is 5.17. The summed E-state index contributed by atoms with van der Waals surface area (Å²) < 4.78 is 26.3. The number of hydrogen-bond donors (Lipinski definition) is 2. The van der Waals surface area contributed by atoms with E-state index in [1.54, 1.807) is 11.4 Å². The topological polar surface area (TPSA) is 55.1 Å². The summed E-state index contributed by atoms with van der Waals surface area (Å²) in [6, 6.07) is 1.64. The van der Waals surface area contributed by atoms with Gasteiger partial charge in [0.05, 0.1) is 21.5 Å². The van der Waals surface area contributed by atoms with Crippen molar-refractivity contribution >= 4 is 39.8 Å². The largest absolute Gasteiger partial charge is 0.346 e. The zero-order valence-corrected chi connectivity index (χ0v) is 10.6. The normalized spacial score (nSPS) is 11.5. The highest BCUT2D eigenvalue weighted by molar-refractivity contribution is 14.1. The van der Waals surface area contributed by atoms with E-state index in [-0.39, 0.29) is 0 Å². The van der Waals surface area contributed by atoms with Gasteiger partial charge in [-0.15, -0.1) is 11.3 Å². The van der Waals surface area contributed by atoms with E-state index in [2.05, 4.69) is 27.9 Å². The zero-order valence-electron chi connectivity index (χ0n) is 7.60. The molecule has 0 atom stereocenters. The second-order valence-corrected chi connectivity index (χ2v) is 5.69. The molecule has 0 spiro atoms. The van der Waals surface area contributed by atoms with Crippen LogP contribution in [0, 0.1) is 2.88 Å². The Hall–Kier alpha value is -0.280. The van der Waals surface area contributed by atoms with Crippen LogP contribution < -0.4 is 11.1 Å². The average Bonchev–Trinajstić information content (AvgIpc) is 2.61. The molecule has 1 amide bonds. The molecule has 0 fully saturated rings. The minimum Gasteiger partial charge on any atom is -0.346 e. The highest BCUT2D eigenvalue weighted by Gasteiger charge is 2.27. The number of nitrogens with two attached hydrogens (primary N) is 1. The highest BCUT2D eigenvalue weighted by Crippen LogP contribution is 2.16. The van der Waals surface area contributed by atoms with Crippen LogP contribution in [0.5, 0.6) is 0 Å². The minimum absolute atomic E-state index is 0.400. The van der Waals surface area contributed by atoms with Gasteiger partial charge >= 0.3 is 0 Å². The Bertz CT molecular complexity index is 356. The summed E-state index contributed by atoms with van der Waals surface area (Å²) in [4.78, 5) is 11.3. The first-order valence-corrected chi connectivity index (χ1v) is 6.00. The highest BCUT2D eigenvalue weighted by atomic mass is 127. The number of alkyl halides is 2. The van der Waals surface area contributed by atoms with E-state index in [9.17, 15) is 13.6 Å². The van der Waals surface area contributed by atoms with Crippen LogP contribution in [0.1, 0.15) is 10.4 Å². The van der Waals surface area contributed by atoms with Crippen LogP contribution in [0.25, 0.3) is 0 Å². The maximum Gasteiger partial charge on any atom is 0.277 e. The molecule has 1 heterocycles. The minimum atomic E-state index is -3.04. The van der Waals surface area contributed by atoms with Crippen molar-refractivity contribution in [2.75, 3.05) is 13.1 Å². The predicted octanol–water partition coefficient (Wildman–Crippen LogP) is 1.68. The Labute approximate surface area is 103 Å². The molecule has 0 aliphatic carbocycles. The summed E-state index contributed by atoms with van der Waals surface area (Å²) in [5.41, 5.74) is 5.24. The van der Waals surface area contributed by atoms with Gasteiger partial charge in [-0.3, -0.25) is 4.79 Å². The number of nitrogens with one attached hydrogen (secondary N) is 1. The molecule has 15 heavy (non-hydrogen) atoms. The number of carbonyl (C=O) groups is 1. The number of carbonyl (C=O) groups excluding carboxylic acids is 1. The molecule has 3 nitrogen and oxygen atoms in total. The first kappa shape index (κ1) is 12.8. The summed E-state index contributed by atoms with van der Waals surface area (Å²) >= 11 is 3.44. The number of halogens is 3. The Morgan fingerprint density at radius 3 is 2.80 bits per heavy atom.